The summed E-state index contributed by atoms with van der Waals surface area (Å²) < 4.78 is 2.46. The second kappa shape index (κ2) is 8.67. The number of hydrogen-bond donors (Lipinski definition) is 1. The maximum absolute atomic E-state index is 13.0. The first-order valence-electron chi connectivity index (χ1n) is 10.0. The monoisotopic (exact) mass is 420 g/mol. The topological polar surface area (TPSA) is 61.3 Å². The van der Waals surface area contributed by atoms with E-state index in [1.54, 1.807) is 6.20 Å². The van der Waals surface area contributed by atoms with Crippen molar-refractivity contribution in [1.29, 1.82) is 0 Å². The Labute approximate surface area is 180 Å². The first kappa shape index (κ1) is 20.1. The molecule has 1 aliphatic heterocycles. The molecule has 1 fully saturated rings. The van der Waals surface area contributed by atoms with E-state index in [4.69, 9.17) is 12.2 Å². The van der Waals surface area contributed by atoms with Gasteiger partial charge in [0.1, 0.15) is 0 Å². The highest BCUT2D eigenvalue weighted by Gasteiger charge is 2.23. The van der Waals surface area contributed by atoms with E-state index in [0.717, 1.165) is 17.7 Å². The minimum atomic E-state index is -0.0101. The normalized spacial score (nSPS) is 14.4. The summed E-state index contributed by atoms with van der Waals surface area (Å²) in [5.74, 6) is 0.0182. The third kappa shape index (κ3) is 4.21. The summed E-state index contributed by atoms with van der Waals surface area (Å²) in [7, 11) is 0. The van der Waals surface area contributed by atoms with Crippen LogP contribution in [0, 0.1) is 11.7 Å². The van der Waals surface area contributed by atoms with Gasteiger partial charge in [-0.15, -0.1) is 0 Å². The number of nitrogens with zero attached hydrogens (tertiary/aromatic N) is 3. The number of carbonyl (C=O) groups is 2. The van der Waals surface area contributed by atoms with Crippen LogP contribution in [0.4, 0.5) is 0 Å². The molecule has 1 N–H and O–H groups in total. The lowest BCUT2D eigenvalue weighted by atomic mass is 10.1. The van der Waals surface area contributed by atoms with Crippen LogP contribution in [0.3, 0.4) is 0 Å². The lowest BCUT2D eigenvalue weighted by Gasteiger charge is -2.22. The standard InChI is InChI=1S/C23H24N4O2S/c1-17-4-2-5-19(16-17)22(29)26-12-3-11-25(14-15-26)21(28)18-6-8-20(9-7-18)27-13-10-24-23(27)30/h2,4-10,13,16H,3,11-12,14-15H2,1H3,(H,24,30). The molecule has 0 aliphatic carbocycles. The zero-order valence-corrected chi connectivity index (χ0v) is 17.7. The maximum Gasteiger partial charge on any atom is 0.253 e. The fourth-order valence-electron chi connectivity index (χ4n) is 3.76. The van der Waals surface area contributed by atoms with Gasteiger partial charge in [-0.25, -0.2) is 0 Å². The minimum absolute atomic E-state index is 0.0101. The Morgan fingerprint density at radius 2 is 1.57 bits per heavy atom. The minimum Gasteiger partial charge on any atom is -0.337 e. The number of nitrogens with one attached hydrogen (secondary N) is 1. The predicted octanol–water partition coefficient (Wildman–Crippen LogP) is 3.83. The third-order valence-corrected chi connectivity index (χ3v) is 5.69. The summed E-state index contributed by atoms with van der Waals surface area (Å²) in [6.45, 7) is 4.34. The van der Waals surface area contributed by atoms with E-state index < -0.39 is 0 Å². The molecule has 1 aromatic heterocycles. The molecule has 30 heavy (non-hydrogen) atoms. The Morgan fingerprint density at radius 3 is 2.17 bits per heavy atom. The van der Waals surface area contributed by atoms with Crippen LogP contribution in [0.1, 0.15) is 32.7 Å². The molecule has 2 heterocycles. The van der Waals surface area contributed by atoms with E-state index in [2.05, 4.69) is 4.98 Å². The van der Waals surface area contributed by atoms with Crippen molar-refractivity contribution in [2.45, 2.75) is 13.3 Å². The Balaban J connectivity index is 1.43. The van der Waals surface area contributed by atoms with E-state index in [1.165, 1.54) is 0 Å². The number of aromatic amines is 1. The van der Waals surface area contributed by atoms with Crippen LogP contribution in [0.15, 0.2) is 60.9 Å². The van der Waals surface area contributed by atoms with Gasteiger partial charge in [-0.1, -0.05) is 17.7 Å². The lowest BCUT2D eigenvalue weighted by molar-refractivity contribution is 0.0718. The number of benzene rings is 2. The van der Waals surface area contributed by atoms with Crippen molar-refractivity contribution in [3.8, 4) is 5.69 Å². The largest absolute Gasteiger partial charge is 0.337 e. The summed E-state index contributed by atoms with van der Waals surface area (Å²) >= 11 is 5.24. The first-order valence-corrected chi connectivity index (χ1v) is 10.5. The van der Waals surface area contributed by atoms with Crippen molar-refractivity contribution in [1.82, 2.24) is 19.4 Å². The van der Waals surface area contributed by atoms with Gasteiger partial charge in [-0.2, -0.15) is 0 Å². The molecule has 4 rings (SSSR count). The maximum atomic E-state index is 13.0. The number of H-pyrrole nitrogens is 1. The second-order valence-electron chi connectivity index (χ2n) is 7.49. The Hall–Kier alpha value is -3.19. The average molecular weight is 421 g/mol. The van der Waals surface area contributed by atoms with Crippen LogP contribution >= 0.6 is 12.2 Å². The van der Waals surface area contributed by atoms with Crippen LogP contribution < -0.4 is 0 Å². The molecule has 0 bridgehead atoms. The molecule has 6 nitrogen and oxygen atoms in total. The molecular weight excluding hydrogens is 396 g/mol. The van der Waals surface area contributed by atoms with Crippen molar-refractivity contribution in [3.63, 3.8) is 0 Å². The van der Waals surface area contributed by atoms with Gasteiger partial charge < -0.3 is 14.8 Å². The number of aromatic nitrogens is 2. The molecule has 2 aromatic carbocycles. The van der Waals surface area contributed by atoms with E-state index in [9.17, 15) is 9.59 Å². The van der Waals surface area contributed by atoms with Gasteiger partial charge >= 0.3 is 0 Å². The van der Waals surface area contributed by atoms with E-state index >= 15 is 0 Å². The Bertz CT molecular complexity index is 1120. The number of carbonyl (C=O) groups excluding carboxylic acids is 2. The van der Waals surface area contributed by atoms with E-state index in [-0.39, 0.29) is 11.8 Å². The predicted molar refractivity (Wildman–Crippen MR) is 119 cm³/mol. The smallest absolute Gasteiger partial charge is 0.253 e. The highest BCUT2D eigenvalue weighted by atomic mass is 32.1. The lowest BCUT2D eigenvalue weighted by Crippen LogP contribution is -2.37. The number of hydrogen-bond acceptors (Lipinski definition) is 3. The summed E-state index contributed by atoms with van der Waals surface area (Å²) in [6, 6.07) is 15.1. The van der Waals surface area contributed by atoms with E-state index in [1.807, 2.05) is 76.0 Å². The fraction of sp³-hybridized carbons (Fsp3) is 0.261. The van der Waals surface area contributed by atoms with Gasteiger partial charge in [-0.3, -0.25) is 14.2 Å². The molecule has 7 heteroatoms. The number of aryl methyl sites for hydroxylation is 1. The molecule has 3 aromatic rings. The van der Waals surface area contributed by atoms with Gasteiger partial charge in [0.2, 0.25) is 0 Å². The molecule has 154 valence electrons. The molecule has 1 aliphatic rings. The molecule has 0 radical (unpaired) electrons. The zero-order chi connectivity index (χ0) is 21.1. The van der Waals surface area contributed by atoms with E-state index in [0.29, 0.717) is 42.1 Å². The quantitative estimate of drug-likeness (QED) is 0.655. The van der Waals surface area contributed by atoms with Crippen LogP contribution in [0.25, 0.3) is 5.69 Å². The summed E-state index contributed by atoms with van der Waals surface area (Å²) in [5.41, 5.74) is 3.31. The number of rotatable bonds is 3. The molecule has 0 spiro atoms. The summed E-state index contributed by atoms with van der Waals surface area (Å²) in [4.78, 5) is 32.5. The van der Waals surface area contributed by atoms with Gasteiger partial charge in [-0.05, 0) is 62.0 Å². The molecule has 2 amide bonds. The van der Waals surface area contributed by atoms with Gasteiger partial charge in [0, 0.05) is 55.4 Å². The molecule has 1 saturated heterocycles. The summed E-state index contributed by atoms with van der Waals surface area (Å²) in [5, 5.41) is 0. The Morgan fingerprint density at radius 1 is 0.900 bits per heavy atom. The number of imidazole rings is 1. The van der Waals surface area contributed by atoms with Crippen LogP contribution in [0.2, 0.25) is 0 Å². The third-order valence-electron chi connectivity index (χ3n) is 5.38. The molecule has 0 saturated carbocycles. The Kier molecular flexibility index (Phi) is 5.81. The van der Waals surface area contributed by atoms with Gasteiger partial charge in [0.25, 0.3) is 11.8 Å². The van der Waals surface area contributed by atoms with Crippen LogP contribution in [-0.4, -0.2) is 57.3 Å². The zero-order valence-electron chi connectivity index (χ0n) is 16.9. The van der Waals surface area contributed by atoms with Crippen LogP contribution in [0.5, 0.6) is 0 Å². The van der Waals surface area contributed by atoms with Crippen molar-refractivity contribution in [2.24, 2.45) is 0 Å². The molecule has 0 unspecified atom stereocenters. The van der Waals surface area contributed by atoms with Crippen molar-refractivity contribution in [3.05, 3.63) is 82.4 Å². The van der Waals surface area contributed by atoms with Crippen molar-refractivity contribution >= 4 is 24.0 Å². The fourth-order valence-corrected chi connectivity index (χ4v) is 3.99. The van der Waals surface area contributed by atoms with Crippen molar-refractivity contribution in [2.75, 3.05) is 26.2 Å². The first-order chi connectivity index (χ1) is 14.5. The van der Waals surface area contributed by atoms with Gasteiger partial charge in [0.15, 0.2) is 4.77 Å². The highest BCUT2D eigenvalue weighted by Crippen LogP contribution is 2.15. The van der Waals surface area contributed by atoms with Crippen LogP contribution in [-0.2, 0) is 0 Å². The van der Waals surface area contributed by atoms with Crippen molar-refractivity contribution < 1.29 is 9.59 Å². The number of amides is 2. The summed E-state index contributed by atoms with van der Waals surface area (Å²) in [6.07, 6.45) is 4.40. The van der Waals surface area contributed by atoms with Gasteiger partial charge in [0.05, 0.1) is 0 Å². The second-order valence-corrected chi connectivity index (χ2v) is 7.88. The average Bonchev–Trinajstić information content (AvgIpc) is 3.04. The molecular formula is C23H24N4O2S. The molecule has 0 atom stereocenters. The highest BCUT2D eigenvalue weighted by molar-refractivity contribution is 7.71. The SMILES string of the molecule is Cc1cccc(C(=O)N2CCCN(C(=O)c3ccc(-n4cc[nH]c4=S)cc3)CC2)c1.